The first kappa shape index (κ1) is 25.4. The molecule has 5 heterocycles. The molecule has 1 saturated heterocycles. The summed E-state index contributed by atoms with van der Waals surface area (Å²) in [5.74, 6) is -3.32. The molecule has 1 aliphatic carbocycles. The lowest BCUT2D eigenvalue weighted by Gasteiger charge is -2.20. The van der Waals surface area contributed by atoms with Crippen LogP contribution < -0.4 is 21.5 Å². The van der Waals surface area contributed by atoms with Crippen molar-refractivity contribution in [3.8, 4) is 11.3 Å². The molecule has 14 heteroatoms. The Morgan fingerprint density at radius 1 is 1.20 bits per heavy atom. The fraction of sp³-hybridized carbons (Fsp3) is 0.346. The number of nitrogens with zero attached hydrogens (tertiary/aromatic N) is 8. The second-order valence-electron chi connectivity index (χ2n) is 9.97. The number of hydrogen-bond donors (Lipinski definition) is 1. The van der Waals surface area contributed by atoms with E-state index in [1.165, 1.54) is 17.9 Å². The van der Waals surface area contributed by atoms with Gasteiger partial charge in [0.15, 0.2) is 11.2 Å². The van der Waals surface area contributed by atoms with E-state index in [2.05, 4.69) is 25.1 Å². The van der Waals surface area contributed by atoms with Crippen molar-refractivity contribution in [3.63, 3.8) is 0 Å². The molecule has 0 bridgehead atoms. The first-order chi connectivity index (χ1) is 19.1. The van der Waals surface area contributed by atoms with Gasteiger partial charge in [0.2, 0.25) is 5.91 Å². The molecule has 40 heavy (non-hydrogen) atoms. The largest absolute Gasteiger partial charge is 0.356 e. The van der Waals surface area contributed by atoms with E-state index in [1.807, 2.05) is 4.90 Å². The lowest BCUT2D eigenvalue weighted by molar-refractivity contribution is -0.118. The highest BCUT2D eigenvalue weighted by molar-refractivity contribution is 5.93. The van der Waals surface area contributed by atoms with Gasteiger partial charge < -0.3 is 14.8 Å². The number of amides is 1. The van der Waals surface area contributed by atoms with Crippen LogP contribution in [0.1, 0.15) is 13.0 Å². The van der Waals surface area contributed by atoms with Crippen LogP contribution in [0.5, 0.6) is 0 Å². The number of imidazole rings is 1. The van der Waals surface area contributed by atoms with Crippen molar-refractivity contribution in [1.29, 1.82) is 0 Å². The molecule has 1 amide bonds. The minimum atomic E-state index is -2.55. The molecule has 2 aliphatic rings. The average Bonchev–Trinajstić information content (AvgIpc) is 3.38. The van der Waals surface area contributed by atoms with Gasteiger partial charge in [-0.25, -0.2) is 35.1 Å². The van der Waals surface area contributed by atoms with E-state index >= 15 is 0 Å². The number of rotatable bonds is 6. The van der Waals surface area contributed by atoms with Gasteiger partial charge in [-0.2, -0.15) is 4.57 Å². The van der Waals surface area contributed by atoms with Gasteiger partial charge in [-0.1, -0.05) is 6.07 Å². The zero-order valence-electron chi connectivity index (χ0n) is 21.5. The second-order valence-corrected chi connectivity index (χ2v) is 9.97. The minimum Gasteiger partial charge on any atom is -0.356 e. The summed E-state index contributed by atoms with van der Waals surface area (Å²) >= 11 is 0. The SMILES string of the molecule is [C-]#[N+]Cn1c(=O)c2c(ncn2[C@@H](C)C(=O)Nc2cccc(-c3ccc(N4CC5C(C4)C5(F)F)nc3)n2)n(C)c1=O. The Hall–Kier alpha value is -4.93. The van der Waals surface area contributed by atoms with Crippen LogP contribution in [0.3, 0.4) is 0 Å². The molecule has 0 radical (unpaired) electrons. The molecule has 6 rings (SSSR count). The van der Waals surface area contributed by atoms with Gasteiger partial charge in [-0.3, -0.25) is 19.0 Å². The van der Waals surface area contributed by atoms with Crippen LogP contribution in [0.4, 0.5) is 20.4 Å². The Labute approximate surface area is 225 Å². The summed E-state index contributed by atoms with van der Waals surface area (Å²) in [5.41, 5.74) is -0.0123. The summed E-state index contributed by atoms with van der Waals surface area (Å²) in [6.45, 7) is 8.75. The third kappa shape index (κ3) is 3.93. The number of nitrogens with one attached hydrogen (secondary N) is 1. The molecule has 204 valence electrons. The third-order valence-electron chi connectivity index (χ3n) is 7.63. The summed E-state index contributed by atoms with van der Waals surface area (Å²) in [5, 5.41) is 2.74. The van der Waals surface area contributed by atoms with Gasteiger partial charge in [0.25, 0.3) is 18.2 Å². The first-order valence-corrected chi connectivity index (χ1v) is 12.5. The van der Waals surface area contributed by atoms with Crippen LogP contribution >= 0.6 is 0 Å². The molecule has 2 unspecified atom stereocenters. The van der Waals surface area contributed by atoms with Gasteiger partial charge in [-0.15, -0.1) is 0 Å². The minimum absolute atomic E-state index is 0.0281. The number of fused-ring (bicyclic) bond motifs is 2. The number of pyridine rings is 2. The van der Waals surface area contributed by atoms with Crippen LogP contribution in [0.25, 0.3) is 27.3 Å². The Balaban J connectivity index is 1.20. The number of carbonyl (C=O) groups is 1. The summed E-state index contributed by atoms with van der Waals surface area (Å²) in [6.07, 6.45) is 2.92. The normalized spacial score (nSPS) is 19.7. The standard InChI is InChI=1S/C26H23F2N9O3/c1-14(36-13-31-22-21(36)24(39)37(12-29-2)25(40)34(22)3)23(38)33-19-6-4-5-18(32-19)15-7-8-20(30-9-15)35-10-16-17(11-35)26(16,27)28/h4-9,13-14,16-17H,10-12H2,1,3H3,(H,32,33,38)/t14-,16?,17?/m0/s1. The number of aryl methyl sites for hydroxylation is 1. The van der Waals surface area contributed by atoms with E-state index in [1.54, 1.807) is 43.5 Å². The van der Waals surface area contributed by atoms with Crippen molar-refractivity contribution in [2.45, 2.75) is 25.6 Å². The van der Waals surface area contributed by atoms with Crippen molar-refractivity contribution in [1.82, 2.24) is 28.7 Å². The zero-order chi connectivity index (χ0) is 28.3. The molecular weight excluding hydrogens is 524 g/mol. The molecule has 2 fully saturated rings. The third-order valence-corrected chi connectivity index (χ3v) is 7.63. The topological polar surface area (TPSA) is 124 Å². The molecule has 4 aromatic rings. The fourth-order valence-electron chi connectivity index (χ4n) is 5.22. The Kier molecular flexibility index (Phi) is 5.75. The predicted octanol–water partition coefficient (Wildman–Crippen LogP) is 2.13. The molecule has 1 saturated carbocycles. The molecule has 1 N–H and O–H groups in total. The van der Waals surface area contributed by atoms with E-state index < -0.39 is 47.6 Å². The lowest BCUT2D eigenvalue weighted by atomic mass is 10.2. The summed E-state index contributed by atoms with van der Waals surface area (Å²) in [7, 11) is 1.44. The number of aromatic nitrogens is 6. The van der Waals surface area contributed by atoms with E-state index in [0.29, 0.717) is 17.1 Å². The predicted molar refractivity (Wildman–Crippen MR) is 141 cm³/mol. The highest BCUT2D eigenvalue weighted by Gasteiger charge is 2.71. The van der Waals surface area contributed by atoms with Crippen molar-refractivity contribution in [2.75, 3.05) is 23.3 Å². The molecule has 4 aromatic heterocycles. The molecular formula is C26H23F2N9O3. The van der Waals surface area contributed by atoms with Crippen LogP contribution in [0.15, 0.2) is 52.4 Å². The molecule has 0 spiro atoms. The quantitative estimate of drug-likeness (QED) is 0.367. The Bertz CT molecular complexity index is 1810. The van der Waals surface area contributed by atoms with Crippen molar-refractivity contribution in [3.05, 3.63) is 75.1 Å². The van der Waals surface area contributed by atoms with Crippen molar-refractivity contribution < 1.29 is 13.6 Å². The Morgan fingerprint density at radius 2 is 1.95 bits per heavy atom. The monoisotopic (exact) mass is 547 g/mol. The van der Waals surface area contributed by atoms with E-state index in [9.17, 15) is 23.2 Å². The maximum absolute atomic E-state index is 13.5. The number of hydrogen-bond acceptors (Lipinski definition) is 7. The highest BCUT2D eigenvalue weighted by atomic mass is 19.3. The maximum atomic E-state index is 13.5. The lowest BCUT2D eigenvalue weighted by Crippen LogP contribution is -2.39. The zero-order valence-corrected chi connectivity index (χ0v) is 21.5. The molecule has 1 aliphatic heterocycles. The van der Waals surface area contributed by atoms with Gasteiger partial charge in [0, 0.05) is 31.9 Å². The molecule has 12 nitrogen and oxygen atoms in total. The van der Waals surface area contributed by atoms with E-state index in [-0.39, 0.29) is 30.1 Å². The van der Waals surface area contributed by atoms with Crippen LogP contribution in [-0.2, 0) is 18.5 Å². The van der Waals surface area contributed by atoms with Crippen molar-refractivity contribution >= 4 is 28.7 Å². The fourth-order valence-corrected chi connectivity index (χ4v) is 5.22. The smallest absolute Gasteiger partial charge is 0.338 e. The van der Waals surface area contributed by atoms with Crippen molar-refractivity contribution in [2.24, 2.45) is 18.9 Å². The highest BCUT2D eigenvalue weighted by Crippen LogP contribution is 2.59. The number of halogens is 2. The number of alkyl halides is 2. The van der Waals surface area contributed by atoms with Gasteiger partial charge in [-0.05, 0) is 31.2 Å². The summed E-state index contributed by atoms with van der Waals surface area (Å²) in [4.78, 5) is 56.6. The molecule has 3 atom stereocenters. The number of anilines is 2. The van der Waals surface area contributed by atoms with Crippen LogP contribution in [-0.4, -0.2) is 53.6 Å². The first-order valence-electron chi connectivity index (χ1n) is 12.5. The van der Waals surface area contributed by atoms with Gasteiger partial charge in [0.1, 0.15) is 17.7 Å². The van der Waals surface area contributed by atoms with Crippen LogP contribution in [0.2, 0.25) is 0 Å². The van der Waals surface area contributed by atoms with Gasteiger partial charge >= 0.3 is 5.69 Å². The number of piperidine rings is 1. The van der Waals surface area contributed by atoms with E-state index in [4.69, 9.17) is 6.57 Å². The van der Waals surface area contributed by atoms with Gasteiger partial charge in [0.05, 0.1) is 23.9 Å². The summed E-state index contributed by atoms with van der Waals surface area (Å²) in [6, 6.07) is 7.76. The Morgan fingerprint density at radius 3 is 2.62 bits per heavy atom. The number of carbonyl (C=O) groups excluding carboxylic acids is 1. The van der Waals surface area contributed by atoms with Crippen LogP contribution in [0, 0.1) is 18.4 Å². The maximum Gasteiger partial charge on any atom is 0.338 e. The summed E-state index contributed by atoms with van der Waals surface area (Å²) < 4.78 is 30.3. The average molecular weight is 548 g/mol. The second kappa shape index (κ2) is 9.08. The van der Waals surface area contributed by atoms with E-state index in [0.717, 1.165) is 9.13 Å². The molecule has 0 aromatic carbocycles.